The molecule has 0 saturated carbocycles. The molecule has 7 nitrogen and oxygen atoms in total. The van der Waals surface area contributed by atoms with Crippen LogP contribution >= 0.6 is 0 Å². The lowest BCUT2D eigenvalue weighted by Gasteiger charge is -2.26. The zero-order valence-corrected chi connectivity index (χ0v) is 17.9. The number of hydrogen-bond acceptors (Lipinski definition) is 4. The Labute approximate surface area is 183 Å². The van der Waals surface area contributed by atoms with Crippen molar-refractivity contribution >= 4 is 29.1 Å². The number of likely N-dealkylation sites (tertiary alicyclic amines) is 1. The summed E-state index contributed by atoms with van der Waals surface area (Å²) in [6.45, 7) is 4.31. The molecule has 1 aliphatic rings. The first-order chi connectivity index (χ1) is 15.1. The Morgan fingerprint density at radius 1 is 0.903 bits per heavy atom. The van der Waals surface area contributed by atoms with Gasteiger partial charge in [0.25, 0.3) is 11.8 Å². The number of anilines is 2. The van der Waals surface area contributed by atoms with Crippen LogP contribution in [-0.4, -0.2) is 48.8 Å². The number of amides is 3. The zero-order chi connectivity index (χ0) is 22.1. The molecule has 2 aromatic carbocycles. The van der Waals surface area contributed by atoms with E-state index in [-0.39, 0.29) is 24.3 Å². The third kappa shape index (κ3) is 6.57. The van der Waals surface area contributed by atoms with Crippen LogP contribution in [0.4, 0.5) is 11.4 Å². The SMILES string of the molecule is CCCNC(=O)c1cccc(NCC(=O)Nc2ccc(C(=O)N3CCCCC3)cc2)c1. The van der Waals surface area contributed by atoms with Gasteiger partial charge in [0.1, 0.15) is 0 Å². The molecular weight excluding hydrogens is 392 g/mol. The van der Waals surface area contributed by atoms with Gasteiger partial charge in [0, 0.05) is 42.1 Å². The topological polar surface area (TPSA) is 90.5 Å². The van der Waals surface area contributed by atoms with Gasteiger partial charge in [-0.3, -0.25) is 14.4 Å². The third-order valence-electron chi connectivity index (χ3n) is 5.17. The van der Waals surface area contributed by atoms with Crippen molar-refractivity contribution in [3.63, 3.8) is 0 Å². The van der Waals surface area contributed by atoms with Crippen LogP contribution < -0.4 is 16.0 Å². The summed E-state index contributed by atoms with van der Waals surface area (Å²) in [6, 6.07) is 14.0. The standard InChI is InChI=1S/C24H30N4O3/c1-2-13-25-23(30)19-7-6-8-21(16-19)26-17-22(29)27-20-11-9-18(10-12-20)24(31)28-14-4-3-5-15-28/h6-12,16,26H,2-5,13-15,17H2,1H3,(H,25,30)(H,27,29). The first-order valence-electron chi connectivity index (χ1n) is 10.9. The first kappa shape index (κ1) is 22.3. The second kappa shape index (κ2) is 11.2. The van der Waals surface area contributed by atoms with E-state index in [0.29, 0.717) is 29.0 Å². The summed E-state index contributed by atoms with van der Waals surface area (Å²) in [5, 5.41) is 8.69. The molecule has 1 saturated heterocycles. The predicted octanol–water partition coefficient (Wildman–Crippen LogP) is 3.50. The van der Waals surface area contributed by atoms with Gasteiger partial charge in [-0.05, 0) is 68.1 Å². The van der Waals surface area contributed by atoms with Crippen LogP contribution in [0.3, 0.4) is 0 Å². The van der Waals surface area contributed by atoms with Gasteiger partial charge in [0.05, 0.1) is 6.54 Å². The van der Waals surface area contributed by atoms with Gasteiger partial charge < -0.3 is 20.9 Å². The number of piperidine rings is 1. The number of carbonyl (C=O) groups is 3. The number of hydrogen-bond donors (Lipinski definition) is 3. The van der Waals surface area contributed by atoms with Crippen molar-refractivity contribution < 1.29 is 14.4 Å². The lowest BCUT2D eigenvalue weighted by molar-refractivity contribution is -0.114. The van der Waals surface area contributed by atoms with Crippen molar-refractivity contribution in [1.82, 2.24) is 10.2 Å². The van der Waals surface area contributed by atoms with E-state index >= 15 is 0 Å². The zero-order valence-electron chi connectivity index (χ0n) is 17.9. The predicted molar refractivity (Wildman–Crippen MR) is 122 cm³/mol. The van der Waals surface area contributed by atoms with Gasteiger partial charge >= 0.3 is 0 Å². The van der Waals surface area contributed by atoms with E-state index in [1.165, 1.54) is 6.42 Å². The monoisotopic (exact) mass is 422 g/mol. The molecule has 3 N–H and O–H groups in total. The van der Waals surface area contributed by atoms with Crippen LogP contribution in [0.15, 0.2) is 48.5 Å². The molecule has 2 aromatic rings. The van der Waals surface area contributed by atoms with E-state index in [0.717, 1.165) is 32.4 Å². The smallest absolute Gasteiger partial charge is 0.253 e. The van der Waals surface area contributed by atoms with Crippen LogP contribution in [0.5, 0.6) is 0 Å². The van der Waals surface area contributed by atoms with Crippen LogP contribution in [0.25, 0.3) is 0 Å². The molecule has 0 spiro atoms. The maximum atomic E-state index is 12.5. The average molecular weight is 423 g/mol. The fourth-order valence-corrected chi connectivity index (χ4v) is 3.47. The number of benzene rings is 2. The highest BCUT2D eigenvalue weighted by molar-refractivity contribution is 5.97. The summed E-state index contributed by atoms with van der Waals surface area (Å²) < 4.78 is 0. The summed E-state index contributed by atoms with van der Waals surface area (Å²) in [5.74, 6) is -0.299. The molecule has 1 fully saturated rings. The summed E-state index contributed by atoms with van der Waals surface area (Å²) in [7, 11) is 0. The molecule has 1 heterocycles. The summed E-state index contributed by atoms with van der Waals surface area (Å²) >= 11 is 0. The van der Waals surface area contributed by atoms with Crippen molar-refractivity contribution in [2.75, 3.05) is 36.8 Å². The molecule has 7 heteroatoms. The van der Waals surface area contributed by atoms with E-state index < -0.39 is 0 Å². The minimum atomic E-state index is -0.212. The second-order valence-electron chi connectivity index (χ2n) is 7.67. The number of nitrogens with zero attached hydrogens (tertiary/aromatic N) is 1. The molecule has 0 atom stereocenters. The van der Waals surface area contributed by atoms with Gasteiger partial charge in [-0.25, -0.2) is 0 Å². The van der Waals surface area contributed by atoms with Crippen LogP contribution in [0.2, 0.25) is 0 Å². The summed E-state index contributed by atoms with van der Waals surface area (Å²) in [4.78, 5) is 38.8. The van der Waals surface area contributed by atoms with Gasteiger partial charge in [-0.1, -0.05) is 13.0 Å². The third-order valence-corrected chi connectivity index (χ3v) is 5.17. The Balaban J connectivity index is 1.49. The minimum Gasteiger partial charge on any atom is -0.376 e. The molecule has 0 aliphatic carbocycles. The van der Waals surface area contributed by atoms with Crippen LogP contribution in [0, 0.1) is 0 Å². The van der Waals surface area contributed by atoms with Gasteiger partial charge in [0.15, 0.2) is 0 Å². The van der Waals surface area contributed by atoms with Crippen molar-refractivity contribution in [2.45, 2.75) is 32.6 Å². The normalized spacial score (nSPS) is 13.4. The minimum absolute atomic E-state index is 0.0436. The van der Waals surface area contributed by atoms with Gasteiger partial charge in [0.2, 0.25) is 5.91 Å². The van der Waals surface area contributed by atoms with E-state index in [2.05, 4.69) is 16.0 Å². The van der Waals surface area contributed by atoms with Gasteiger partial charge in [-0.2, -0.15) is 0 Å². The van der Waals surface area contributed by atoms with E-state index in [1.807, 2.05) is 17.9 Å². The van der Waals surface area contributed by atoms with Crippen LogP contribution in [0.1, 0.15) is 53.3 Å². The first-order valence-corrected chi connectivity index (χ1v) is 10.9. The van der Waals surface area contributed by atoms with E-state index in [4.69, 9.17) is 0 Å². The Kier molecular flexibility index (Phi) is 8.04. The maximum absolute atomic E-state index is 12.5. The summed E-state index contributed by atoms with van der Waals surface area (Å²) in [6.07, 6.45) is 4.16. The van der Waals surface area contributed by atoms with Crippen molar-refractivity contribution in [2.24, 2.45) is 0 Å². The molecular formula is C24H30N4O3. The van der Waals surface area contributed by atoms with Crippen molar-refractivity contribution in [1.29, 1.82) is 0 Å². The van der Waals surface area contributed by atoms with Crippen molar-refractivity contribution in [3.8, 4) is 0 Å². The quantitative estimate of drug-likeness (QED) is 0.607. The largest absolute Gasteiger partial charge is 0.376 e. The molecule has 0 radical (unpaired) electrons. The molecule has 1 aliphatic heterocycles. The van der Waals surface area contributed by atoms with E-state index in [9.17, 15) is 14.4 Å². The molecule has 31 heavy (non-hydrogen) atoms. The molecule has 0 unspecified atom stereocenters. The molecule has 0 bridgehead atoms. The number of nitrogens with one attached hydrogen (secondary N) is 3. The molecule has 3 amide bonds. The van der Waals surface area contributed by atoms with Gasteiger partial charge in [-0.15, -0.1) is 0 Å². The lowest BCUT2D eigenvalue weighted by Crippen LogP contribution is -2.35. The highest BCUT2D eigenvalue weighted by Gasteiger charge is 2.18. The molecule has 3 rings (SSSR count). The molecule has 164 valence electrons. The van der Waals surface area contributed by atoms with E-state index in [1.54, 1.807) is 42.5 Å². The fourth-order valence-electron chi connectivity index (χ4n) is 3.47. The fraction of sp³-hybridized carbons (Fsp3) is 0.375. The number of carbonyl (C=O) groups excluding carboxylic acids is 3. The average Bonchev–Trinajstić information content (AvgIpc) is 2.82. The Bertz CT molecular complexity index is 905. The Morgan fingerprint density at radius 2 is 1.65 bits per heavy atom. The van der Waals surface area contributed by atoms with Crippen molar-refractivity contribution in [3.05, 3.63) is 59.7 Å². The lowest BCUT2D eigenvalue weighted by atomic mass is 10.1. The van der Waals surface area contributed by atoms with Crippen LogP contribution in [-0.2, 0) is 4.79 Å². The number of rotatable bonds is 8. The second-order valence-corrected chi connectivity index (χ2v) is 7.67. The molecule has 0 aromatic heterocycles. The maximum Gasteiger partial charge on any atom is 0.253 e. The summed E-state index contributed by atoms with van der Waals surface area (Å²) in [5.41, 5.74) is 2.51. The Morgan fingerprint density at radius 3 is 2.35 bits per heavy atom. The Hall–Kier alpha value is -3.35. The highest BCUT2D eigenvalue weighted by atomic mass is 16.2. The highest BCUT2D eigenvalue weighted by Crippen LogP contribution is 2.16.